The van der Waals surface area contributed by atoms with Gasteiger partial charge in [0, 0.05) is 42.7 Å². The molecule has 1 amide bonds. The second kappa shape index (κ2) is 9.51. The fraction of sp³-hybridized carbons (Fsp3) is 0.444. The summed E-state index contributed by atoms with van der Waals surface area (Å²) in [4.78, 5) is 15.0. The van der Waals surface area contributed by atoms with Gasteiger partial charge in [0.05, 0.1) is 0 Å². The van der Waals surface area contributed by atoms with Crippen LogP contribution in [0, 0.1) is 5.92 Å². The minimum atomic E-state index is 0.203. The molecule has 0 spiro atoms. The molecule has 158 valence electrons. The first-order valence-electron chi connectivity index (χ1n) is 11.6. The molecule has 1 aromatic heterocycles. The second-order valence-corrected chi connectivity index (χ2v) is 8.76. The molecule has 30 heavy (non-hydrogen) atoms. The molecule has 0 bridgehead atoms. The van der Waals surface area contributed by atoms with Crippen molar-refractivity contribution in [2.45, 2.75) is 51.9 Å². The Labute approximate surface area is 180 Å². The molecule has 0 saturated carbocycles. The fourth-order valence-electron chi connectivity index (χ4n) is 4.94. The molecule has 4 rings (SSSR count). The fourth-order valence-corrected chi connectivity index (χ4v) is 4.94. The molecule has 0 radical (unpaired) electrons. The number of aryl methyl sites for hydroxylation is 2. The minimum Gasteiger partial charge on any atom is -0.344 e. The van der Waals surface area contributed by atoms with Crippen LogP contribution in [-0.2, 0) is 18.3 Å². The van der Waals surface area contributed by atoms with E-state index >= 15 is 0 Å². The van der Waals surface area contributed by atoms with Gasteiger partial charge in [-0.1, -0.05) is 49.7 Å². The normalized spacial score (nSPS) is 15.1. The Morgan fingerprint density at radius 3 is 2.57 bits per heavy atom. The van der Waals surface area contributed by atoms with Crippen molar-refractivity contribution in [3.05, 3.63) is 60.2 Å². The maximum absolute atomic E-state index is 12.9. The molecule has 3 nitrogen and oxygen atoms in total. The number of benzene rings is 2. The van der Waals surface area contributed by atoms with E-state index in [1.54, 1.807) is 0 Å². The van der Waals surface area contributed by atoms with Crippen molar-refractivity contribution < 1.29 is 4.79 Å². The number of nitrogens with zero attached hydrogens (tertiary/aromatic N) is 2. The predicted octanol–water partition coefficient (Wildman–Crippen LogP) is 6.21. The Morgan fingerprint density at radius 1 is 1.00 bits per heavy atom. The minimum absolute atomic E-state index is 0.203. The smallest absolute Gasteiger partial charge is 0.225 e. The zero-order chi connectivity index (χ0) is 20.9. The summed E-state index contributed by atoms with van der Waals surface area (Å²) < 4.78 is 2.28. The lowest BCUT2D eigenvalue weighted by Gasteiger charge is -2.23. The SMILES string of the molecule is CCCC(CCCc1cccc(-c2cc3ccccc3n2C)c1)C(=O)N1CCCC1. The van der Waals surface area contributed by atoms with Gasteiger partial charge in [-0.05, 0) is 67.9 Å². The Kier molecular flexibility index (Phi) is 6.56. The lowest BCUT2D eigenvalue weighted by atomic mass is 9.93. The van der Waals surface area contributed by atoms with E-state index in [4.69, 9.17) is 0 Å². The predicted molar refractivity (Wildman–Crippen MR) is 126 cm³/mol. The van der Waals surface area contributed by atoms with Crippen LogP contribution in [0.3, 0.4) is 0 Å². The highest BCUT2D eigenvalue weighted by Gasteiger charge is 2.25. The number of amides is 1. The van der Waals surface area contributed by atoms with Gasteiger partial charge in [0.25, 0.3) is 0 Å². The summed E-state index contributed by atoms with van der Waals surface area (Å²) in [6.07, 6.45) is 7.55. The summed E-state index contributed by atoms with van der Waals surface area (Å²) in [6, 6.07) is 19.7. The largest absolute Gasteiger partial charge is 0.344 e. The quantitative estimate of drug-likeness (QED) is 0.440. The van der Waals surface area contributed by atoms with Gasteiger partial charge in [-0.3, -0.25) is 4.79 Å². The molecule has 1 atom stereocenters. The van der Waals surface area contributed by atoms with Gasteiger partial charge in [-0.25, -0.2) is 0 Å². The van der Waals surface area contributed by atoms with Crippen LogP contribution in [0.25, 0.3) is 22.2 Å². The van der Waals surface area contributed by atoms with E-state index in [0.29, 0.717) is 5.91 Å². The van der Waals surface area contributed by atoms with E-state index in [2.05, 4.69) is 78.0 Å². The van der Waals surface area contributed by atoms with E-state index in [0.717, 1.165) is 45.2 Å². The Bertz CT molecular complexity index is 997. The molecule has 1 saturated heterocycles. The van der Waals surface area contributed by atoms with Gasteiger partial charge in [0.2, 0.25) is 5.91 Å². The van der Waals surface area contributed by atoms with E-state index in [-0.39, 0.29) is 5.92 Å². The second-order valence-electron chi connectivity index (χ2n) is 8.76. The standard InChI is InChI=1S/C27H34N2O/c1-3-10-22(27(30)29-17-6-7-18-29)14-8-11-21-12-9-15-23(19-21)26-20-24-13-4-5-16-25(24)28(26)2/h4-5,9,12-13,15-16,19-20,22H,3,6-8,10-11,14,17-18H2,1-2H3. The topological polar surface area (TPSA) is 25.2 Å². The van der Waals surface area contributed by atoms with Gasteiger partial charge in [0.15, 0.2) is 0 Å². The molecule has 3 aromatic rings. The lowest BCUT2D eigenvalue weighted by Crippen LogP contribution is -2.33. The number of fused-ring (bicyclic) bond motifs is 1. The van der Waals surface area contributed by atoms with Crippen molar-refractivity contribution >= 4 is 16.8 Å². The molecule has 1 fully saturated rings. The van der Waals surface area contributed by atoms with E-state index in [1.165, 1.54) is 40.6 Å². The summed E-state index contributed by atoms with van der Waals surface area (Å²) in [5.41, 5.74) is 5.15. The maximum atomic E-state index is 12.9. The third-order valence-corrected chi connectivity index (χ3v) is 6.60. The Morgan fingerprint density at radius 2 is 1.80 bits per heavy atom. The Hall–Kier alpha value is -2.55. The molecule has 1 aliphatic heterocycles. The highest BCUT2D eigenvalue weighted by Crippen LogP contribution is 2.28. The molecule has 2 aromatic carbocycles. The van der Waals surface area contributed by atoms with Gasteiger partial charge >= 0.3 is 0 Å². The molecule has 1 unspecified atom stereocenters. The molecular weight excluding hydrogens is 368 g/mol. The first-order chi connectivity index (χ1) is 14.7. The molecule has 0 aliphatic carbocycles. The van der Waals surface area contributed by atoms with Gasteiger partial charge in [-0.2, -0.15) is 0 Å². The van der Waals surface area contributed by atoms with Gasteiger partial charge in [0.1, 0.15) is 0 Å². The highest BCUT2D eigenvalue weighted by atomic mass is 16.2. The summed E-state index contributed by atoms with van der Waals surface area (Å²) in [5.74, 6) is 0.605. The average molecular weight is 403 g/mol. The number of hydrogen-bond acceptors (Lipinski definition) is 1. The maximum Gasteiger partial charge on any atom is 0.225 e. The zero-order valence-electron chi connectivity index (χ0n) is 18.4. The first kappa shape index (κ1) is 20.7. The third-order valence-electron chi connectivity index (χ3n) is 6.60. The first-order valence-corrected chi connectivity index (χ1v) is 11.6. The van der Waals surface area contributed by atoms with Crippen LogP contribution in [0.2, 0.25) is 0 Å². The van der Waals surface area contributed by atoms with Crippen LogP contribution >= 0.6 is 0 Å². The zero-order valence-corrected chi connectivity index (χ0v) is 18.4. The van der Waals surface area contributed by atoms with E-state index in [9.17, 15) is 4.79 Å². The van der Waals surface area contributed by atoms with E-state index < -0.39 is 0 Å². The number of likely N-dealkylation sites (tertiary alicyclic amines) is 1. The number of carbonyl (C=O) groups is 1. The highest BCUT2D eigenvalue weighted by molar-refractivity contribution is 5.87. The summed E-state index contributed by atoms with van der Waals surface area (Å²) in [5, 5.41) is 1.28. The molecule has 0 N–H and O–H groups in total. The van der Waals surface area contributed by atoms with Crippen LogP contribution in [-0.4, -0.2) is 28.5 Å². The van der Waals surface area contributed by atoms with Gasteiger partial charge < -0.3 is 9.47 Å². The van der Waals surface area contributed by atoms with Crippen LogP contribution in [0.5, 0.6) is 0 Å². The number of carbonyl (C=O) groups excluding carboxylic acids is 1. The van der Waals surface area contributed by atoms with Crippen molar-refractivity contribution in [1.29, 1.82) is 0 Å². The van der Waals surface area contributed by atoms with Crippen molar-refractivity contribution in [3.8, 4) is 11.3 Å². The van der Waals surface area contributed by atoms with Crippen molar-refractivity contribution in [1.82, 2.24) is 9.47 Å². The molecule has 1 aliphatic rings. The van der Waals surface area contributed by atoms with Crippen molar-refractivity contribution in [2.24, 2.45) is 13.0 Å². The van der Waals surface area contributed by atoms with Crippen LogP contribution < -0.4 is 0 Å². The van der Waals surface area contributed by atoms with Crippen molar-refractivity contribution in [2.75, 3.05) is 13.1 Å². The molecule has 3 heteroatoms. The average Bonchev–Trinajstić information content (AvgIpc) is 3.42. The number of rotatable bonds is 8. The summed E-state index contributed by atoms with van der Waals surface area (Å²) >= 11 is 0. The number of para-hydroxylation sites is 1. The number of hydrogen-bond donors (Lipinski definition) is 0. The van der Waals surface area contributed by atoms with Gasteiger partial charge in [-0.15, -0.1) is 0 Å². The van der Waals surface area contributed by atoms with E-state index in [1.807, 2.05) is 0 Å². The van der Waals surface area contributed by atoms with Crippen molar-refractivity contribution in [3.63, 3.8) is 0 Å². The molecular formula is C27H34N2O. The summed E-state index contributed by atoms with van der Waals surface area (Å²) in [7, 11) is 2.14. The lowest BCUT2D eigenvalue weighted by molar-refractivity contribution is -0.134. The number of aromatic nitrogens is 1. The monoisotopic (exact) mass is 402 g/mol. The van der Waals surface area contributed by atoms with Crippen LogP contribution in [0.1, 0.15) is 51.0 Å². The molecule has 2 heterocycles. The third kappa shape index (κ3) is 4.45. The Balaban J connectivity index is 1.42. The van der Waals surface area contributed by atoms with Crippen LogP contribution in [0.4, 0.5) is 0 Å². The summed E-state index contributed by atoms with van der Waals surface area (Å²) in [6.45, 7) is 4.12. The van der Waals surface area contributed by atoms with Crippen LogP contribution in [0.15, 0.2) is 54.6 Å².